The van der Waals surface area contributed by atoms with E-state index < -0.39 is 0 Å². The van der Waals surface area contributed by atoms with Crippen LogP contribution in [0.4, 0.5) is 11.9 Å². The lowest BCUT2D eigenvalue weighted by Gasteiger charge is -2.13. The Morgan fingerprint density at radius 3 is 2.53 bits per heavy atom. The molecule has 0 saturated heterocycles. The summed E-state index contributed by atoms with van der Waals surface area (Å²) in [4.78, 5) is 18.4. The first-order chi connectivity index (χ1) is 8.95. The third-order valence-corrected chi connectivity index (χ3v) is 3.14. The summed E-state index contributed by atoms with van der Waals surface area (Å²) in [6.07, 6.45) is 0. The van der Waals surface area contributed by atoms with Gasteiger partial charge in [0.25, 0.3) is 5.22 Å². The third kappa shape index (κ3) is 3.31. The summed E-state index contributed by atoms with van der Waals surface area (Å²) in [5, 5.41) is 4.15. The molecule has 0 aliphatic heterocycles. The fourth-order valence-corrected chi connectivity index (χ4v) is 2.09. The van der Waals surface area contributed by atoms with E-state index in [0.29, 0.717) is 22.8 Å². The van der Waals surface area contributed by atoms with Crippen molar-refractivity contribution in [1.82, 2.24) is 25.1 Å². The molecular formula is C10H15N7OS. The lowest BCUT2D eigenvalue weighted by Crippen LogP contribution is -2.16. The Kier molecular flexibility index (Phi) is 3.84. The van der Waals surface area contributed by atoms with Gasteiger partial charge in [-0.1, -0.05) is 16.9 Å². The quantitative estimate of drug-likeness (QED) is 0.823. The zero-order valence-corrected chi connectivity index (χ0v) is 12.0. The highest BCUT2D eigenvalue weighted by Gasteiger charge is 2.17. The van der Waals surface area contributed by atoms with Gasteiger partial charge in [-0.2, -0.15) is 19.9 Å². The number of aromatic nitrogens is 5. The predicted octanol–water partition coefficient (Wildman–Crippen LogP) is 1.06. The van der Waals surface area contributed by atoms with E-state index in [1.165, 1.54) is 11.8 Å². The Morgan fingerprint density at radius 1 is 1.21 bits per heavy atom. The van der Waals surface area contributed by atoms with Crippen LogP contribution in [0.25, 0.3) is 0 Å². The number of hydrogen-bond donors (Lipinski definition) is 1. The minimum atomic E-state index is -0.0659. The number of thioether (sulfide) groups is 1. The summed E-state index contributed by atoms with van der Waals surface area (Å²) in [6.45, 7) is 3.71. The van der Waals surface area contributed by atoms with Gasteiger partial charge in [0.2, 0.25) is 11.9 Å². The van der Waals surface area contributed by atoms with Crippen molar-refractivity contribution < 1.29 is 4.52 Å². The highest BCUT2D eigenvalue weighted by molar-refractivity contribution is 7.99. The first-order valence-corrected chi connectivity index (χ1v) is 6.49. The van der Waals surface area contributed by atoms with Crippen LogP contribution in [0, 0.1) is 6.92 Å². The summed E-state index contributed by atoms with van der Waals surface area (Å²) < 4.78 is 5.05. The molecule has 0 aromatic carbocycles. The smallest absolute Gasteiger partial charge is 0.286 e. The van der Waals surface area contributed by atoms with Crippen LogP contribution < -0.4 is 10.6 Å². The standard InChI is InChI=1S/C10H15N7OS/c1-5(19-10-12-6(2)16-18-10)7-13-8(11)15-9(14-7)17(3)4/h5H,1-4H3,(H2,11,13,14,15). The second-order valence-corrected chi connectivity index (χ2v) is 5.41. The second kappa shape index (κ2) is 5.39. The van der Waals surface area contributed by atoms with Crippen LogP contribution in [0.3, 0.4) is 0 Å². The number of nitrogens with two attached hydrogens (primary N) is 1. The fourth-order valence-electron chi connectivity index (χ4n) is 1.31. The zero-order chi connectivity index (χ0) is 14.0. The van der Waals surface area contributed by atoms with Crippen LogP contribution in [0.2, 0.25) is 0 Å². The first-order valence-electron chi connectivity index (χ1n) is 5.61. The number of anilines is 2. The maximum atomic E-state index is 5.68. The Hall–Kier alpha value is -1.90. The molecule has 0 aliphatic rings. The molecule has 0 aliphatic carbocycles. The van der Waals surface area contributed by atoms with Gasteiger partial charge in [-0.3, -0.25) is 0 Å². The average Bonchev–Trinajstić information content (AvgIpc) is 2.73. The van der Waals surface area contributed by atoms with E-state index in [2.05, 4.69) is 25.1 Å². The molecule has 2 aromatic rings. The third-order valence-electron chi connectivity index (χ3n) is 2.21. The van der Waals surface area contributed by atoms with E-state index in [4.69, 9.17) is 10.3 Å². The van der Waals surface area contributed by atoms with Crippen molar-refractivity contribution in [3.8, 4) is 0 Å². The lowest BCUT2D eigenvalue weighted by molar-refractivity contribution is 0.337. The Bertz CT molecular complexity index is 571. The van der Waals surface area contributed by atoms with E-state index in [1.807, 2.05) is 21.0 Å². The monoisotopic (exact) mass is 281 g/mol. The van der Waals surface area contributed by atoms with Crippen molar-refractivity contribution in [3.05, 3.63) is 11.6 Å². The van der Waals surface area contributed by atoms with Crippen LogP contribution in [0.1, 0.15) is 23.8 Å². The molecule has 2 aromatic heterocycles. The van der Waals surface area contributed by atoms with Gasteiger partial charge in [-0.05, 0) is 13.8 Å². The zero-order valence-electron chi connectivity index (χ0n) is 11.2. The molecule has 0 spiro atoms. The highest BCUT2D eigenvalue weighted by atomic mass is 32.2. The minimum Gasteiger partial charge on any atom is -0.368 e. The first kappa shape index (κ1) is 13.5. The van der Waals surface area contributed by atoms with E-state index in [9.17, 15) is 0 Å². The molecule has 1 unspecified atom stereocenters. The van der Waals surface area contributed by atoms with E-state index in [1.54, 1.807) is 11.8 Å². The van der Waals surface area contributed by atoms with Crippen molar-refractivity contribution in [2.45, 2.75) is 24.3 Å². The second-order valence-electron chi connectivity index (χ2n) is 4.11. The normalized spacial score (nSPS) is 12.4. The number of hydrogen-bond acceptors (Lipinski definition) is 9. The molecular weight excluding hydrogens is 266 g/mol. The number of nitrogen functional groups attached to an aromatic ring is 1. The minimum absolute atomic E-state index is 0.0659. The predicted molar refractivity (Wildman–Crippen MR) is 71.9 cm³/mol. The van der Waals surface area contributed by atoms with Crippen LogP contribution in [-0.4, -0.2) is 39.2 Å². The van der Waals surface area contributed by atoms with Gasteiger partial charge >= 0.3 is 0 Å². The van der Waals surface area contributed by atoms with Crippen LogP contribution in [0.5, 0.6) is 0 Å². The molecule has 19 heavy (non-hydrogen) atoms. The molecule has 0 amide bonds. The molecule has 2 rings (SSSR count). The van der Waals surface area contributed by atoms with Crippen molar-refractivity contribution in [1.29, 1.82) is 0 Å². The van der Waals surface area contributed by atoms with Gasteiger partial charge in [-0.15, -0.1) is 0 Å². The molecule has 0 saturated carbocycles. The number of rotatable bonds is 4. The molecule has 0 bridgehead atoms. The molecule has 8 nitrogen and oxygen atoms in total. The maximum absolute atomic E-state index is 5.68. The Balaban J connectivity index is 2.20. The van der Waals surface area contributed by atoms with Crippen molar-refractivity contribution in [3.63, 3.8) is 0 Å². The van der Waals surface area contributed by atoms with Crippen molar-refractivity contribution in [2.75, 3.05) is 24.7 Å². The molecule has 2 N–H and O–H groups in total. The van der Waals surface area contributed by atoms with Gasteiger partial charge in [0.05, 0.1) is 5.25 Å². The van der Waals surface area contributed by atoms with Crippen LogP contribution >= 0.6 is 11.8 Å². The average molecular weight is 281 g/mol. The summed E-state index contributed by atoms with van der Waals surface area (Å²) in [5.74, 6) is 1.90. The Morgan fingerprint density at radius 2 is 1.95 bits per heavy atom. The fraction of sp³-hybridized carbons (Fsp3) is 0.500. The highest BCUT2D eigenvalue weighted by Crippen LogP contribution is 2.32. The molecule has 0 fully saturated rings. The van der Waals surface area contributed by atoms with Crippen molar-refractivity contribution >= 4 is 23.7 Å². The number of aryl methyl sites for hydroxylation is 1. The summed E-state index contributed by atoms with van der Waals surface area (Å²) in [5.41, 5.74) is 5.68. The van der Waals surface area contributed by atoms with E-state index in [0.717, 1.165) is 0 Å². The largest absolute Gasteiger partial charge is 0.368 e. The SMILES string of the molecule is Cc1noc(SC(C)c2nc(N)nc(N(C)C)n2)n1. The van der Waals surface area contributed by atoms with Gasteiger partial charge < -0.3 is 15.2 Å². The molecule has 102 valence electrons. The van der Waals surface area contributed by atoms with Crippen molar-refractivity contribution in [2.24, 2.45) is 0 Å². The van der Waals surface area contributed by atoms with Crippen LogP contribution in [0.15, 0.2) is 9.75 Å². The summed E-state index contributed by atoms with van der Waals surface area (Å²) >= 11 is 1.38. The molecule has 9 heteroatoms. The van der Waals surface area contributed by atoms with E-state index in [-0.39, 0.29) is 11.2 Å². The summed E-state index contributed by atoms with van der Waals surface area (Å²) in [7, 11) is 3.69. The maximum Gasteiger partial charge on any atom is 0.286 e. The Labute approximate surface area is 114 Å². The van der Waals surface area contributed by atoms with Gasteiger partial charge in [0, 0.05) is 14.1 Å². The lowest BCUT2D eigenvalue weighted by atomic mass is 10.4. The van der Waals surface area contributed by atoms with Gasteiger partial charge in [-0.25, -0.2) is 0 Å². The van der Waals surface area contributed by atoms with Gasteiger partial charge in [0.1, 0.15) is 5.82 Å². The summed E-state index contributed by atoms with van der Waals surface area (Å²) in [6, 6.07) is 0. The van der Waals surface area contributed by atoms with Gasteiger partial charge in [0.15, 0.2) is 5.82 Å². The van der Waals surface area contributed by atoms with E-state index >= 15 is 0 Å². The topological polar surface area (TPSA) is 107 Å². The van der Waals surface area contributed by atoms with Crippen LogP contribution in [-0.2, 0) is 0 Å². The molecule has 1 atom stereocenters. The molecule has 2 heterocycles. The molecule has 0 radical (unpaired) electrons. The number of nitrogens with zero attached hydrogens (tertiary/aromatic N) is 6.